The fourth-order valence-electron chi connectivity index (χ4n) is 2.57. The van der Waals surface area contributed by atoms with E-state index in [1.54, 1.807) is 0 Å². The van der Waals surface area contributed by atoms with Crippen molar-refractivity contribution in [3.63, 3.8) is 0 Å². The van der Waals surface area contributed by atoms with E-state index in [-0.39, 0.29) is 23.3 Å². The van der Waals surface area contributed by atoms with Crippen LogP contribution in [0.3, 0.4) is 0 Å². The zero-order valence-electron chi connectivity index (χ0n) is 12.5. The lowest BCUT2D eigenvalue weighted by atomic mass is 10.1. The maximum absolute atomic E-state index is 11.7. The third-order valence-electron chi connectivity index (χ3n) is 4.00. The monoisotopic (exact) mass is 344 g/mol. The van der Waals surface area contributed by atoms with Gasteiger partial charge in [0.05, 0.1) is 17.3 Å². The first-order valence-corrected chi connectivity index (χ1v) is 10.2. The van der Waals surface area contributed by atoms with Crippen LogP contribution in [0.4, 0.5) is 0 Å². The highest BCUT2D eigenvalue weighted by molar-refractivity contribution is 7.99. The molecule has 122 valence electrons. The van der Waals surface area contributed by atoms with Crippen molar-refractivity contribution < 1.29 is 13.2 Å². The van der Waals surface area contributed by atoms with Crippen LogP contribution < -0.4 is 5.32 Å². The van der Waals surface area contributed by atoms with Crippen molar-refractivity contribution >= 4 is 27.5 Å². The Bertz CT molecular complexity index is 667. The molecular weight excluding hydrogens is 324 g/mol. The van der Waals surface area contributed by atoms with Gasteiger partial charge in [0.15, 0.2) is 15.0 Å². The van der Waals surface area contributed by atoms with Gasteiger partial charge < -0.3 is 9.88 Å². The molecule has 0 radical (unpaired) electrons. The molecule has 22 heavy (non-hydrogen) atoms. The van der Waals surface area contributed by atoms with Crippen LogP contribution in [0.2, 0.25) is 0 Å². The summed E-state index contributed by atoms with van der Waals surface area (Å²) >= 11 is 1.36. The van der Waals surface area contributed by atoms with Crippen LogP contribution in [-0.2, 0) is 28.1 Å². The van der Waals surface area contributed by atoms with Gasteiger partial charge in [-0.05, 0) is 25.2 Å². The van der Waals surface area contributed by atoms with Crippen LogP contribution in [-0.4, -0.2) is 52.4 Å². The summed E-state index contributed by atoms with van der Waals surface area (Å²) in [5.41, 5.74) is 0. The van der Waals surface area contributed by atoms with Crippen molar-refractivity contribution in [1.82, 2.24) is 20.1 Å². The second-order valence-corrected chi connectivity index (χ2v) is 9.23. The molecule has 2 fully saturated rings. The molecule has 9 heteroatoms. The number of hydrogen-bond donors (Lipinski definition) is 1. The average molecular weight is 344 g/mol. The summed E-state index contributed by atoms with van der Waals surface area (Å²) in [7, 11) is -1.00. The Morgan fingerprint density at radius 1 is 1.36 bits per heavy atom. The average Bonchev–Trinajstić information content (AvgIpc) is 3.10. The van der Waals surface area contributed by atoms with Crippen molar-refractivity contribution in [3.8, 4) is 0 Å². The molecule has 1 aromatic heterocycles. The van der Waals surface area contributed by atoms with Crippen LogP contribution >= 0.6 is 11.8 Å². The zero-order valence-corrected chi connectivity index (χ0v) is 14.1. The quantitative estimate of drug-likeness (QED) is 0.739. The summed E-state index contributed by atoms with van der Waals surface area (Å²) in [5, 5.41) is 11.9. The van der Waals surface area contributed by atoms with E-state index >= 15 is 0 Å². The van der Waals surface area contributed by atoms with Gasteiger partial charge in [0, 0.05) is 19.5 Å². The SMILES string of the molecule is Cn1c(C[C@H]2CCS(=O)(=O)C2)nnc1SCC(=O)NC1CC1. The maximum Gasteiger partial charge on any atom is 0.230 e. The zero-order chi connectivity index (χ0) is 15.7. The van der Waals surface area contributed by atoms with Gasteiger partial charge in [-0.2, -0.15) is 0 Å². The summed E-state index contributed by atoms with van der Waals surface area (Å²) in [4.78, 5) is 11.7. The number of aromatic nitrogens is 3. The molecule has 2 aliphatic rings. The third kappa shape index (κ3) is 4.01. The standard InChI is InChI=1S/C13H20N4O3S2/c1-17-11(6-9-4-5-22(19,20)8-9)15-16-13(17)21-7-12(18)14-10-2-3-10/h9-10H,2-8H2,1H3,(H,14,18)/t9-/m1/s1. The topological polar surface area (TPSA) is 93.9 Å². The van der Waals surface area contributed by atoms with Crippen LogP contribution in [0.15, 0.2) is 5.16 Å². The first kappa shape index (κ1) is 15.8. The summed E-state index contributed by atoms with van der Waals surface area (Å²) < 4.78 is 24.9. The molecular formula is C13H20N4O3S2. The van der Waals surface area contributed by atoms with Crippen LogP contribution in [0, 0.1) is 5.92 Å². The lowest BCUT2D eigenvalue weighted by molar-refractivity contribution is -0.118. The fourth-order valence-corrected chi connectivity index (χ4v) is 5.17. The van der Waals surface area contributed by atoms with Gasteiger partial charge in [-0.15, -0.1) is 10.2 Å². The van der Waals surface area contributed by atoms with Gasteiger partial charge in [0.2, 0.25) is 5.91 Å². The summed E-state index contributed by atoms with van der Waals surface area (Å²) in [5.74, 6) is 1.79. The number of nitrogens with zero attached hydrogens (tertiary/aromatic N) is 3. The second kappa shape index (κ2) is 6.19. The van der Waals surface area contributed by atoms with E-state index in [1.807, 2.05) is 11.6 Å². The number of sulfone groups is 1. The van der Waals surface area contributed by atoms with E-state index in [0.717, 1.165) is 18.7 Å². The smallest absolute Gasteiger partial charge is 0.230 e. The number of thioether (sulfide) groups is 1. The molecule has 1 saturated heterocycles. The second-order valence-electron chi connectivity index (χ2n) is 6.06. The highest BCUT2D eigenvalue weighted by Crippen LogP contribution is 2.24. The van der Waals surface area contributed by atoms with Gasteiger partial charge >= 0.3 is 0 Å². The molecule has 1 amide bonds. The van der Waals surface area contributed by atoms with Crippen molar-refractivity contribution in [3.05, 3.63) is 5.82 Å². The highest BCUT2D eigenvalue weighted by Gasteiger charge is 2.29. The Morgan fingerprint density at radius 2 is 2.14 bits per heavy atom. The Kier molecular flexibility index (Phi) is 4.44. The van der Waals surface area contributed by atoms with Crippen LogP contribution in [0.25, 0.3) is 0 Å². The third-order valence-corrected chi connectivity index (χ3v) is 6.86. The van der Waals surface area contributed by atoms with Gasteiger partial charge in [0.1, 0.15) is 5.82 Å². The van der Waals surface area contributed by atoms with Gasteiger partial charge in [-0.25, -0.2) is 8.42 Å². The number of amides is 1. The van der Waals surface area contributed by atoms with E-state index in [9.17, 15) is 13.2 Å². The summed E-state index contributed by atoms with van der Waals surface area (Å²) in [6, 6.07) is 0.368. The largest absolute Gasteiger partial charge is 0.353 e. The van der Waals surface area contributed by atoms with Crippen molar-refractivity contribution in [2.24, 2.45) is 13.0 Å². The molecule has 0 bridgehead atoms. The fraction of sp³-hybridized carbons (Fsp3) is 0.769. The number of rotatable bonds is 6. The minimum Gasteiger partial charge on any atom is -0.353 e. The summed E-state index contributed by atoms with van der Waals surface area (Å²) in [6.45, 7) is 0. The molecule has 0 aromatic carbocycles. The Labute approximate surface area is 134 Å². The molecule has 1 aromatic rings. The lowest BCUT2D eigenvalue weighted by Gasteiger charge is -2.07. The Morgan fingerprint density at radius 3 is 2.77 bits per heavy atom. The van der Waals surface area contributed by atoms with Crippen molar-refractivity contribution in [1.29, 1.82) is 0 Å². The highest BCUT2D eigenvalue weighted by atomic mass is 32.2. The van der Waals surface area contributed by atoms with Gasteiger partial charge in [0.25, 0.3) is 0 Å². The minimum atomic E-state index is -2.86. The molecule has 0 spiro atoms. The van der Waals surface area contributed by atoms with Crippen LogP contribution in [0.1, 0.15) is 25.1 Å². The summed E-state index contributed by atoms with van der Waals surface area (Å²) in [6.07, 6.45) is 3.47. The molecule has 7 nitrogen and oxygen atoms in total. The van der Waals surface area contributed by atoms with E-state index < -0.39 is 9.84 Å². The first-order valence-electron chi connectivity index (χ1n) is 7.44. The molecule has 1 atom stereocenters. The lowest BCUT2D eigenvalue weighted by Crippen LogP contribution is -2.27. The number of carbonyl (C=O) groups excluding carboxylic acids is 1. The molecule has 1 aliphatic carbocycles. The van der Waals surface area contributed by atoms with Crippen LogP contribution in [0.5, 0.6) is 0 Å². The van der Waals surface area contributed by atoms with Gasteiger partial charge in [-0.1, -0.05) is 11.8 Å². The molecule has 2 heterocycles. The number of hydrogen-bond acceptors (Lipinski definition) is 6. The molecule has 1 N–H and O–H groups in total. The van der Waals surface area contributed by atoms with Crippen molar-refractivity contribution in [2.45, 2.75) is 36.9 Å². The molecule has 0 unspecified atom stereocenters. The first-order chi connectivity index (χ1) is 10.4. The molecule has 3 rings (SSSR count). The Hall–Kier alpha value is -1.09. The van der Waals surface area contributed by atoms with E-state index in [2.05, 4.69) is 15.5 Å². The number of nitrogens with one attached hydrogen (secondary N) is 1. The van der Waals surface area contributed by atoms with Crippen molar-refractivity contribution in [2.75, 3.05) is 17.3 Å². The predicted molar refractivity (Wildman–Crippen MR) is 83.4 cm³/mol. The van der Waals surface area contributed by atoms with Gasteiger partial charge in [-0.3, -0.25) is 4.79 Å². The normalized spacial score (nSPS) is 23.6. The Balaban J connectivity index is 1.53. The predicted octanol–water partition coefficient (Wildman–Crippen LogP) is 0.163. The number of carbonyl (C=O) groups is 1. The molecule has 1 aliphatic heterocycles. The maximum atomic E-state index is 11.7. The minimum absolute atomic E-state index is 0.0268. The molecule has 1 saturated carbocycles. The van der Waals surface area contributed by atoms with E-state index in [1.165, 1.54) is 11.8 Å². The van der Waals surface area contributed by atoms with E-state index in [0.29, 0.717) is 29.8 Å². The van der Waals surface area contributed by atoms with E-state index in [4.69, 9.17) is 0 Å².